The van der Waals surface area contributed by atoms with Gasteiger partial charge in [-0.2, -0.15) is 0 Å². The molecule has 0 spiro atoms. The van der Waals surface area contributed by atoms with Crippen LogP contribution >= 0.6 is 0 Å². The Morgan fingerprint density at radius 2 is 1.92 bits per heavy atom. The summed E-state index contributed by atoms with van der Waals surface area (Å²) in [5.41, 5.74) is 4.24. The van der Waals surface area contributed by atoms with E-state index in [1.54, 1.807) is 0 Å². The van der Waals surface area contributed by atoms with E-state index in [0.29, 0.717) is 36.5 Å². The molecule has 6 rings (SSSR count). The van der Waals surface area contributed by atoms with Crippen molar-refractivity contribution in [2.24, 2.45) is 0 Å². The third kappa shape index (κ3) is 3.80. The summed E-state index contributed by atoms with van der Waals surface area (Å²) in [5.74, 6) is -0.971. The molecule has 0 bridgehead atoms. The van der Waals surface area contributed by atoms with Gasteiger partial charge < -0.3 is 24.0 Å². The Hall–Kier alpha value is -4.28. The maximum Gasteiger partial charge on any atom is 0.407 e. The number of halogens is 2. The van der Waals surface area contributed by atoms with E-state index in [1.807, 2.05) is 36.6 Å². The molecule has 0 saturated carbocycles. The summed E-state index contributed by atoms with van der Waals surface area (Å²) in [5, 5.41) is 13.6. The number of benzene rings is 2. The first-order valence-electron chi connectivity index (χ1n) is 12.4. The zero-order chi connectivity index (χ0) is 26.7. The van der Waals surface area contributed by atoms with E-state index in [0.717, 1.165) is 34.5 Å². The van der Waals surface area contributed by atoms with Crippen LogP contribution in [-0.4, -0.2) is 49.8 Å². The quantitative estimate of drug-likeness (QED) is 0.387. The highest BCUT2D eigenvalue weighted by atomic mass is 19.2. The maximum atomic E-state index is 14.1. The average molecular weight is 522 g/mol. The summed E-state index contributed by atoms with van der Waals surface area (Å²) < 4.78 is 35.2. The number of fused-ring (bicyclic) bond motifs is 1. The van der Waals surface area contributed by atoms with Crippen LogP contribution in [0.1, 0.15) is 48.6 Å². The molecule has 2 fully saturated rings. The lowest BCUT2D eigenvalue weighted by atomic mass is 10.0. The largest absolute Gasteiger partial charge is 0.465 e. The van der Waals surface area contributed by atoms with Crippen LogP contribution in [0.15, 0.2) is 40.9 Å². The minimum Gasteiger partial charge on any atom is -0.465 e. The van der Waals surface area contributed by atoms with Crippen molar-refractivity contribution in [2.45, 2.75) is 45.2 Å². The second kappa shape index (κ2) is 8.93. The first-order valence-corrected chi connectivity index (χ1v) is 12.4. The molecule has 196 valence electrons. The van der Waals surface area contributed by atoms with E-state index in [1.165, 1.54) is 15.9 Å². The van der Waals surface area contributed by atoms with Gasteiger partial charge in [0.1, 0.15) is 11.6 Å². The SMILES string of the molecule is Cc1noc(C)c1-c1ccc2c(c1)nc([C@@H]1CCC(=O)N1c1ccc(F)c(F)c1)n2[C@H]1CCN(C(=O)O)C1. The second-order valence-corrected chi connectivity index (χ2v) is 9.83. The van der Waals surface area contributed by atoms with Crippen molar-refractivity contribution >= 4 is 28.7 Å². The third-order valence-electron chi connectivity index (χ3n) is 7.53. The highest BCUT2D eigenvalue weighted by molar-refractivity contribution is 5.96. The number of carbonyl (C=O) groups is 2. The molecule has 0 radical (unpaired) electrons. The standard InChI is InChI=1S/C27H25F2N5O4/c1-14-25(15(2)38-31-14)16-3-6-22-21(11-16)30-26(34(22)18-9-10-32(13-18)27(36)37)23-7-8-24(35)33(23)17-4-5-19(28)20(29)12-17/h3-6,11-12,18,23H,7-10,13H2,1-2H3,(H,36,37)/t18-,23-/m0/s1. The fraction of sp³-hybridized carbons (Fsp3) is 0.333. The summed E-state index contributed by atoms with van der Waals surface area (Å²) in [6.07, 6.45) is 0.261. The summed E-state index contributed by atoms with van der Waals surface area (Å²) >= 11 is 0. The van der Waals surface area contributed by atoms with E-state index in [-0.39, 0.29) is 30.6 Å². The molecule has 11 heteroatoms. The van der Waals surface area contributed by atoms with Crippen LogP contribution in [0.3, 0.4) is 0 Å². The summed E-state index contributed by atoms with van der Waals surface area (Å²) in [4.78, 5) is 32.5. The van der Waals surface area contributed by atoms with E-state index >= 15 is 0 Å². The number of carboxylic acid groups (broad SMARTS) is 1. The smallest absolute Gasteiger partial charge is 0.407 e. The van der Waals surface area contributed by atoms with E-state index in [2.05, 4.69) is 5.16 Å². The van der Waals surface area contributed by atoms with Crippen molar-refractivity contribution in [2.75, 3.05) is 18.0 Å². The minimum atomic E-state index is -1.04. The molecule has 2 atom stereocenters. The minimum absolute atomic E-state index is 0.196. The van der Waals surface area contributed by atoms with Gasteiger partial charge in [-0.1, -0.05) is 11.2 Å². The zero-order valence-corrected chi connectivity index (χ0v) is 20.8. The van der Waals surface area contributed by atoms with Crippen LogP contribution in [0.5, 0.6) is 0 Å². The number of anilines is 1. The van der Waals surface area contributed by atoms with E-state index < -0.39 is 23.8 Å². The van der Waals surface area contributed by atoms with E-state index in [4.69, 9.17) is 9.51 Å². The van der Waals surface area contributed by atoms with Gasteiger partial charge in [-0.15, -0.1) is 0 Å². The highest BCUT2D eigenvalue weighted by Gasteiger charge is 2.39. The van der Waals surface area contributed by atoms with Crippen molar-refractivity contribution in [3.63, 3.8) is 0 Å². The first-order chi connectivity index (χ1) is 18.2. The Bertz CT molecular complexity index is 1580. The molecular formula is C27H25F2N5O4. The predicted molar refractivity (Wildman–Crippen MR) is 134 cm³/mol. The van der Waals surface area contributed by atoms with Gasteiger partial charge in [0.2, 0.25) is 5.91 Å². The summed E-state index contributed by atoms with van der Waals surface area (Å²) in [6.45, 7) is 4.37. The number of hydrogen-bond acceptors (Lipinski definition) is 5. The van der Waals surface area contributed by atoms with Gasteiger partial charge in [0, 0.05) is 36.8 Å². The molecule has 2 aliphatic heterocycles. The normalized spacial score (nSPS) is 19.7. The van der Waals surface area contributed by atoms with Crippen LogP contribution in [0.2, 0.25) is 0 Å². The Kier molecular flexibility index (Phi) is 5.66. The molecule has 38 heavy (non-hydrogen) atoms. The van der Waals surface area contributed by atoms with Crippen molar-refractivity contribution in [1.82, 2.24) is 19.6 Å². The Balaban J connectivity index is 1.51. The number of likely N-dealkylation sites (tertiary alicyclic amines) is 1. The number of amides is 2. The van der Waals surface area contributed by atoms with Crippen molar-refractivity contribution in [1.29, 1.82) is 0 Å². The first kappa shape index (κ1) is 24.1. The molecule has 9 nitrogen and oxygen atoms in total. The number of aromatic nitrogens is 3. The number of nitrogens with zero attached hydrogens (tertiary/aromatic N) is 5. The van der Waals surface area contributed by atoms with Crippen molar-refractivity contribution in [3.8, 4) is 11.1 Å². The Morgan fingerprint density at radius 1 is 1.11 bits per heavy atom. The molecule has 2 aromatic carbocycles. The predicted octanol–water partition coefficient (Wildman–Crippen LogP) is 5.38. The van der Waals surface area contributed by atoms with Crippen LogP contribution in [-0.2, 0) is 4.79 Å². The van der Waals surface area contributed by atoms with Gasteiger partial charge in [0.05, 0.1) is 28.8 Å². The fourth-order valence-electron chi connectivity index (χ4n) is 5.80. The average Bonchev–Trinajstić information content (AvgIpc) is 3.65. The molecule has 4 heterocycles. The monoisotopic (exact) mass is 521 g/mol. The number of hydrogen-bond donors (Lipinski definition) is 1. The molecule has 0 aliphatic carbocycles. The second-order valence-electron chi connectivity index (χ2n) is 9.83. The number of rotatable bonds is 4. The van der Waals surface area contributed by atoms with Gasteiger partial charge in [-0.05, 0) is 56.5 Å². The molecule has 0 unspecified atom stereocenters. The van der Waals surface area contributed by atoms with Crippen LogP contribution in [0.25, 0.3) is 22.2 Å². The topological polar surface area (TPSA) is 105 Å². The van der Waals surface area contributed by atoms with Crippen LogP contribution in [0.4, 0.5) is 19.3 Å². The lowest BCUT2D eigenvalue weighted by molar-refractivity contribution is -0.117. The van der Waals surface area contributed by atoms with Crippen molar-refractivity contribution < 1.29 is 28.0 Å². The van der Waals surface area contributed by atoms with Gasteiger partial charge in [0.15, 0.2) is 11.6 Å². The summed E-state index contributed by atoms with van der Waals surface area (Å²) in [7, 11) is 0. The third-order valence-corrected chi connectivity index (χ3v) is 7.53. The van der Waals surface area contributed by atoms with Gasteiger partial charge in [-0.3, -0.25) is 4.79 Å². The molecule has 2 saturated heterocycles. The fourth-order valence-corrected chi connectivity index (χ4v) is 5.80. The Labute approximate surface area is 216 Å². The molecule has 4 aromatic rings. The lowest BCUT2D eigenvalue weighted by Crippen LogP contribution is -2.31. The van der Waals surface area contributed by atoms with Gasteiger partial charge in [0.25, 0.3) is 0 Å². The maximum absolute atomic E-state index is 14.1. The molecule has 2 aromatic heterocycles. The van der Waals surface area contributed by atoms with Gasteiger partial charge in [-0.25, -0.2) is 18.6 Å². The molecular weight excluding hydrogens is 496 g/mol. The molecule has 2 amide bonds. The number of carbonyl (C=O) groups excluding carboxylic acids is 1. The Morgan fingerprint density at radius 3 is 2.61 bits per heavy atom. The van der Waals surface area contributed by atoms with E-state index in [9.17, 15) is 23.5 Å². The van der Waals surface area contributed by atoms with Crippen molar-refractivity contribution in [3.05, 3.63) is 65.3 Å². The number of aryl methyl sites for hydroxylation is 2. The number of imidazole rings is 1. The van der Waals surface area contributed by atoms with Crippen LogP contribution < -0.4 is 4.90 Å². The highest BCUT2D eigenvalue weighted by Crippen LogP contribution is 2.41. The molecule has 2 aliphatic rings. The summed E-state index contributed by atoms with van der Waals surface area (Å²) in [6, 6.07) is 8.52. The van der Waals surface area contributed by atoms with Gasteiger partial charge >= 0.3 is 6.09 Å². The lowest BCUT2D eigenvalue weighted by Gasteiger charge is -2.27. The molecule has 1 N–H and O–H groups in total. The zero-order valence-electron chi connectivity index (χ0n) is 20.8. The van der Waals surface area contributed by atoms with Crippen LogP contribution in [0, 0.1) is 25.5 Å².